The lowest BCUT2D eigenvalue weighted by Gasteiger charge is -2.33. The predicted molar refractivity (Wildman–Crippen MR) is 128 cm³/mol. The van der Waals surface area contributed by atoms with Gasteiger partial charge in [-0.1, -0.05) is 0 Å². The highest BCUT2D eigenvalue weighted by atomic mass is 32.1. The van der Waals surface area contributed by atoms with Gasteiger partial charge in [-0.2, -0.15) is 0 Å². The van der Waals surface area contributed by atoms with E-state index in [2.05, 4.69) is 26.3 Å². The zero-order valence-electron chi connectivity index (χ0n) is 18.4. The van der Waals surface area contributed by atoms with Crippen LogP contribution in [0.5, 0.6) is 0 Å². The number of hydrogen-bond donors (Lipinski definition) is 2. The maximum Gasteiger partial charge on any atom is 0.306 e. The van der Waals surface area contributed by atoms with Crippen LogP contribution < -0.4 is 10.2 Å². The van der Waals surface area contributed by atoms with Gasteiger partial charge < -0.3 is 15.3 Å². The maximum absolute atomic E-state index is 14.3. The number of aliphatic carboxylic acids is 1. The third-order valence-electron chi connectivity index (χ3n) is 6.41. The molecular formula is C24H24FN5O2S. The molecule has 0 bridgehead atoms. The number of thiophene rings is 1. The lowest BCUT2D eigenvalue weighted by Crippen LogP contribution is -2.37. The number of aryl methyl sites for hydroxylation is 1. The third-order valence-corrected chi connectivity index (χ3v) is 7.23. The second-order valence-electron chi connectivity index (χ2n) is 8.47. The van der Waals surface area contributed by atoms with Crippen LogP contribution in [0.15, 0.2) is 36.0 Å². The topological polar surface area (TPSA) is 91.2 Å². The SMILES string of the molecule is Cc1c(F)ccc2cc([C@H](C)Nc3ncnc4sccc34)c(N3CCC(C(=O)O)CC3)nc12. The van der Waals surface area contributed by atoms with Crippen molar-refractivity contribution in [2.75, 3.05) is 23.3 Å². The number of piperidine rings is 1. The van der Waals surface area contributed by atoms with Crippen molar-refractivity contribution >= 4 is 50.1 Å². The molecular weight excluding hydrogens is 441 g/mol. The number of pyridine rings is 1. The Kier molecular flexibility index (Phi) is 5.57. The van der Waals surface area contributed by atoms with Crippen LogP contribution in [0, 0.1) is 18.7 Å². The number of halogens is 1. The summed E-state index contributed by atoms with van der Waals surface area (Å²) in [7, 11) is 0. The summed E-state index contributed by atoms with van der Waals surface area (Å²) in [5, 5.41) is 16.7. The summed E-state index contributed by atoms with van der Waals surface area (Å²) < 4.78 is 14.3. The standard InChI is InChI=1S/C24H24FN5O2S/c1-13-19(25)4-3-16-11-18(14(2)28-21-17-7-10-33-23(17)27-12-26-21)22(29-20(13)16)30-8-5-15(6-9-30)24(31)32/h3-4,7,10-12,14-15H,5-6,8-9H2,1-2H3,(H,31,32)(H,26,27,28)/t14-/m0/s1. The first-order valence-electron chi connectivity index (χ1n) is 10.9. The van der Waals surface area contributed by atoms with Gasteiger partial charge in [-0.25, -0.2) is 19.3 Å². The Hall–Kier alpha value is -3.33. The molecule has 0 spiro atoms. The number of hydrogen-bond acceptors (Lipinski definition) is 7. The average Bonchev–Trinajstić information content (AvgIpc) is 3.31. The zero-order valence-corrected chi connectivity index (χ0v) is 19.2. The summed E-state index contributed by atoms with van der Waals surface area (Å²) >= 11 is 1.56. The van der Waals surface area contributed by atoms with Crippen molar-refractivity contribution in [3.8, 4) is 0 Å². The minimum absolute atomic E-state index is 0.141. The summed E-state index contributed by atoms with van der Waals surface area (Å²) in [6, 6.07) is 7.13. The van der Waals surface area contributed by atoms with Crippen molar-refractivity contribution in [2.45, 2.75) is 32.7 Å². The molecule has 0 saturated carbocycles. The fraction of sp³-hybridized carbons (Fsp3) is 0.333. The third kappa shape index (κ3) is 3.97. The van der Waals surface area contributed by atoms with E-state index in [-0.39, 0.29) is 17.8 Å². The molecule has 7 nitrogen and oxygen atoms in total. The van der Waals surface area contributed by atoms with Crippen molar-refractivity contribution in [1.82, 2.24) is 15.0 Å². The van der Waals surface area contributed by atoms with Crippen LogP contribution in [0.4, 0.5) is 16.0 Å². The number of aromatic nitrogens is 3. The van der Waals surface area contributed by atoms with E-state index in [4.69, 9.17) is 4.98 Å². The van der Waals surface area contributed by atoms with Gasteiger partial charge in [0.25, 0.3) is 0 Å². The number of nitrogens with zero attached hydrogens (tertiary/aromatic N) is 4. The molecule has 1 saturated heterocycles. The van der Waals surface area contributed by atoms with Gasteiger partial charge in [-0.05, 0) is 56.3 Å². The monoisotopic (exact) mass is 465 g/mol. The summed E-state index contributed by atoms with van der Waals surface area (Å²) in [6.45, 7) is 4.96. The molecule has 4 aromatic rings. The Labute approximate surface area is 194 Å². The van der Waals surface area contributed by atoms with Gasteiger partial charge in [0.05, 0.1) is 22.9 Å². The van der Waals surface area contributed by atoms with Crippen LogP contribution >= 0.6 is 11.3 Å². The first-order chi connectivity index (χ1) is 15.9. The van der Waals surface area contributed by atoms with E-state index in [1.54, 1.807) is 30.7 Å². The first-order valence-corrected chi connectivity index (χ1v) is 11.8. The molecule has 9 heteroatoms. The molecule has 5 rings (SSSR count). The normalized spacial score (nSPS) is 15.8. The van der Waals surface area contributed by atoms with Gasteiger partial charge in [-0.3, -0.25) is 4.79 Å². The predicted octanol–water partition coefficient (Wildman–Crippen LogP) is 5.16. The van der Waals surface area contributed by atoms with E-state index in [0.29, 0.717) is 37.0 Å². The molecule has 1 atom stereocenters. The summed E-state index contributed by atoms with van der Waals surface area (Å²) in [5.74, 6) is 0.131. The number of rotatable bonds is 5. The Morgan fingerprint density at radius 3 is 2.82 bits per heavy atom. The largest absolute Gasteiger partial charge is 0.481 e. The number of carbonyl (C=O) groups is 1. The van der Waals surface area contributed by atoms with E-state index in [1.165, 1.54) is 6.07 Å². The Morgan fingerprint density at radius 2 is 2.06 bits per heavy atom. The van der Waals surface area contributed by atoms with Gasteiger partial charge in [0.1, 0.15) is 28.6 Å². The van der Waals surface area contributed by atoms with Crippen LogP contribution in [0.2, 0.25) is 0 Å². The smallest absolute Gasteiger partial charge is 0.306 e. The number of anilines is 2. The summed E-state index contributed by atoms with van der Waals surface area (Å²) in [5.41, 5.74) is 2.10. The fourth-order valence-electron chi connectivity index (χ4n) is 4.46. The Balaban J connectivity index is 1.56. The number of nitrogens with one attached hydrogen (secondary N) is 1. The highest BCUT2D eigenvalue weighted by Crippen LogP contribution is 2.35. The average molecular weight is 466 g/mol. The van der Waals surface area contributed by atoms with Crippen LogP contribution in [-0.4, -0.2) is 39.1 Å². The van der Waals surface area contributed by atoms with Crippen LogP contribution in [0.1, 0.15) is 36.9 Å². The molecule has 0 amide bonds. The molecule has 1 aliphatic heterocycles. The second-order valence-corrected chi connectivity index (χ2v) is 9.37. The fourth-order valence-corrected chi connectivity index (χ4v) is 5.19. The van der Waals surface area contributed by atoms with Crippen molar-refractivity contribution in [3.05, 3.63) is 52.9 Å². The molecule has 0 radical (unpaired) electrons. The molecule has 1 aromatic carbocycles. The summed E-state index contributed by atoms with van der Waals surface area (Å²) in [6.07, 6.45) is 2.66. The van der Waals surface area contributed by atoms with Crippen molar-refractivity contribution in [3.63, 3.8) is 0 Å². The highest BCUT2D eigenvalue weighted by Gasteiger charge is 2.28. The number of benzene rings is 1. The van der Waals surface area contributed by atoms with E-state index in [0.717, 1.165) is 32.8 Å². The van der Waals surface area contributed by atoms with E-state index in [9.17, 15) is 14.3 Å². The molecule has 3 aromatic heterocycles. The van der Waals surface area contributed by atoms with Gasteiger partial charge in [0.2, 0.25) is 0 Å². The lowest BCUT2D eigenvalue weighted by molar-refractivity contribution is -0.142. The Morgan fingerprint density at radius 1 is 1.27 bits per heavy atom. The molecule has 2 N–H and O–H groups in total. The quantitative estimate of drug-likeness (QED) is 0.421. The van der Waals surface area contributed by atoms with Gasteiger partial charge >= 0.3 is 5.97 Å². The molecule has 0 aliphatic carbocycles. The molecule has 4 heterocycles. The van der Waals surface area contributed by atoms with Crippen molar-refractivity contribution in [2.24, 2.45) is 5.92 Å². The van der Waals surface area contributed by atoms with Crippen LogP contribution in [0.3, 0.4) is 0 Å². The molecule has 33 heavy (non-hydrogen) atoms. The van der Waals surface area contributed by atoms with E-state index in [1.807, 2.05) is 18.4 Å². The second kappa shape index (κ2) is 8.55. The van der Waals surface area contributed by atoms with Crippen LogP contribution in [0.25, 0.3) is 21.1 Å². The first kappa shape index (κ1) is 21.5. The molecule has 0 unspecified atom stereocenters. The lowest BCUT2D eigenvalue weighted by atomic mass is 9.96. The van der Waals surface area contributed by atoms with Gasteiger partial charge in [0, 0.05) is 29.6 Å². The number of carboxylic acids is 1. The minimum Gasteiger partial charge on any atom is -0.481 e. The highest BCUT2D eigenvalue weighted by molar-refractivity contribution is 7.16. The minimum atomic E-state index is -0.752. The van der Waals surface area contributed by atoms with Crippen molar-refractivity contribution < 1.29 is 14.3 Å². The Bertz CT molecular complexity index is 1350. The van der Waals surface area contributed by atoms with Gasteiger partial charge in [-0.15, -0.1) is 11.3 Å². The molecule has 1 fully saturated rings. The van der Waals surface area contributed by atoms with Crippen molar-refractivity contribution in [1.29, 1.82) is 0 Å². The van der Waals surface area contributed by atoms with E-state index >= 15 is 0 Å². The zero-order chi connectivity index (χ0) is 23.1. The van der Waals surface area contributed by atoms with Gasteiger partial charge in [0.15, 0.2) is 0 Å². The van der Waals surface area contributed by atoms with Crippen LogP contribution in [-0.2, 0) is 4.79 Å². The number of carboxylic acid groups (broad SMARTS) is 1. The van der Waals surface area contributed by atoms with E-state index < -0.39 is 5.97 Å². The molecule has 1 aliphatic rings. The maximum atomic E-state index is 14.3. The number of fused-ring (bicyclic) bond motifs is 2. The summed E-state index contributed by atoms with van der Waals surface area (Å²) in [4.78, 5) is 28.1. The molecule has 170 valence electrons.